The minimum absolute atomic E-state index is 0.141. The summed E-state index contributed by atoms with van der Waals surface area (Å²) in [7, 11) is 0. The van der Waals surface area contributed by atoms with Crippen molar-refractivity contribution in [3.05, 3.63) is 0 Å². The van der Waals surface area contributed by atoms with Crippen LogP contribution in [0.1, 0.15) is 54.4 Å². The quantitative estimate of drug-likeness (QED) is 0.687. The lowest BCUT2D eigenvalue weighted by atomic mass is 9.93. The maximum Gasteiger partial charge on any atom is 0.410 e. The summed E-state index contributed by atoms with van der Waals surface area (Å²) < 4.78 is 5.55. The van der Waals surface area contributed by atoms with Gasteiger partial charge in [-0.3, -0.25) is 4.90 Å². The van der Waals surface area contributed by atoms with E-state index >= 15 is 0 Å². The number of carbonyl (C=O) groups is 1. The molecule has 0 aromatic rings. The maximum atomic E-state index is 12.3. The van der Waals surface area contributed by atoms with Crippen molar-refractivity contribution in [2.75, 3.05) is 26.2 Å². The Morgan fingerprint density at radius 3 is 2.19 bits per heavy atom. The summed E-state index contributed by atoms with van der Waals surface area (Å²) in [6, 6.07) is 0. The first-order valence-electron chi connectivity index (χ1n) is 8.29. The van der Waals surface area contributed by atoms with Crippen LogP contribution >= 0.6 is 0 Å². The Bertz CT molecular complexity index is 381. The average molecular weight is 296 g/mol. The van der Waals surface area contributed by atoms with Gasteiger partial charge < -0.3 is 9.64 Å². The van der Waals surface area contributed by atoms with E-state index in [4.69, 9.17) is 4.74 Å². The molecule has 21 heavy (non-hydrogen) atoms. The zero-order chi connectivity index (χ0) is 15.8. The van der Waals surface area contributed by atoms with Gasteiger partial charge in [0.25, 0.3) is 0 Å². The number of fused-ring (bicyclic) bond motifs is 1. The zero-order valence-corrected chi connectivity index (χ0v) is 14.6. The van der Waals surface area contributed by atoms with E-state index in [1.165, 1.54) is 13.0 Å². The van der Waals surface area contributed by atoms with Gasteiger partial charge in [0.15, 0.2) is 0 Å². The molecule has 1 amide bonds. The normalized spacial score (nSPS) is 28.2. The molecular weight excluding hydrogens is 264 g/mol. The molecule has 0 N–H and O–H groups in total. The Morgan fingerprint density at radius 1 is 1.00 bits per heavy atom. The summed E-state index contributed by atoms with van der Waals surface area (Å²) in [5.74, 6) is 1.33. The summed E-state index contributed by atoms with van der Waals surface area (Å²) in [6.07, 6.45) is 2.19. The number of ether oxygens (including phenoxy) is 1. The van der Waals surface area contributed by atoms with Gasteiger partial charge in [0.2, 0.25) is 0 Å². The Labute approximate surface area is 129 Å². The molecule has 4 nitrogen and oxygen atoms in total. The highest BCUT2D eigenvalue weighted by molar-refractivity contribution is 5.68. The average Bonchev–Trinajstić information content (AvgIpc) is 2.59. The number of carbonyl (C=O) groups excluding carboxylic acids is 1. The minimum atomic E-state index is -0.407. The van der Waals surface area contributed by atoms with Gasteiger partial charge in [-0.25, -0.2) is 4.79 Å². The third-order valence-electron chi connectivity index (χ3n) is 4.63. The molecule has 0 saturated carbocycles. The second kappa shape index (κ2) is 5.79. The van der Waals surface area contributed by atoms with E-state index in [9.17, 15) is 4.79 Å². The second-order valence-electron chi connectivity index (χ2n) is 8.66. The maximum absolute atomic E-state index is 12.3. The number of hydrogen-bond donors (Lipinski definition) is 0. The SMILES string of the molecule is CC(C)(C)OC(=O)N1CCCC2CN(C(C)(C)C)CC2C1. The van der Waals surface area contributed by atoms with Crippen molar-refractivity contribution in [1.82, 2.24) is 9.80 Å². The van der Waals surface area contributed by atoms with Crippen molar-refractivity contribution >= 4 is 6.09 Å². The fraction of sp³-hybridized carbons (Fsp3) is 0.941. The van der Waals surface area contributed by atoms with Gasteiger partial charge in [-0.1, -0.05) is 0 Å². The summed E-state index contributed by atoms with van der Waals surface area (Å²) in [4.78, 5) is 16.8. The van der Waals surface area contributed by atoms with Gasteiger partial charge >= 0.3 is 6.09 Å². The topological polar surface area (TPSA) is 32.8 Å². The molecule has 2 unspecified atom stereocenters. The van der Waals surface area contributed by atoms with Crippen LogP contribution in [0.5, 0.6) is 0 Å². The van der Waals surface area contributed by atoms with E-state index in [1.54, 1.807) is 0 Å². The Kier molecular flexibility index (Phi) is 4.57. The van der Waals surface area contributed by atoms with Crippen LogP contribution in [0.15, 0.2) is 0 Å². The summed E-state index contributed by atoms with van der Waals surface area (Å²) >= 11 is 0. The molecule has 2 atom stereocenters. The van der Waals surface area contributed by atoms with Gasteiger partial charge in [0.1, 0.15) is 5.60 Å². The van der Waals surface area contributed by atoms with E-state index in [0.717, 1.165) is 32.0 Å². The van der Waals surface area contributed by atoms with Crippen molar-refractivity contribution in [2.24, 2.45) is 11.8 Å². The molecule has 0 aromatic heterocycles. The third-order valence-corrected chi connectivity index (χ3v) is 4.63. The lowest BCUT2D eigenvalue weighted by molar-refractivity contribution is 0.0229. The van der Waals surface area contributed by atoms with E-state index in [1.807, 2.05) is 25.7 Å². The first-order valence-corrected chi connectivity index (χ1v) is 8.29. The van der Waals surface area contributed by atoms with Gasteiger partial charge in [0, 0.05) is 31.7 Å². The van der Waals surface area contributed by atoms with Crippen LogP contribution in [-0.2, 0) is 4.74 Å². The zero-order valence-electron chi connectivity index (χ0n) is 14.6. The van der Waals surface area contributed by atoms with Crippen molar-refractivity contribution in [3.8, 4) is 0 Å². The van der Waals surface area contributed by atoms with E-state index in [0.29, 0.717) is 5.92 Å². The highest BCUT2D eigenvalue weighted by Gasteiger charge is 2.40. The standard InChI is InChI=1S/C17H32N2O2/c1-16(2,3)19-11-13-8-7-9-18(10-14(13)12-19)15(20)21-17(4,5)6/h13-14H,7-12H2,1-6H3. The monoisotopic (exact) mass is 296 g/mol. The highest BCUT2D eigenvalue weighted by Crippen LogP contribution is 2.34. The summed E-state index contributed by atoms with van der Waals surface area (Å²) in [6.45, 7) is 16.6. The first kappa shape index (κ1) is 16.6. The van der Waals surface area contributed by atoms with Crippen molar-refractivity contribution < 1.29 is 9.53 Å². The number of hydrogen-bond acceptors (Lipinski definition) is 3. The van der Waals surface area contributed by atoms with Crippen LogP contribution < -0.4 is 0 Å². The molecule has 2 aliphatic heterocycles. The van der Waals surface area contributed by atoms with Crippen LogP contribution in [0.4, 0.5) is 4.79 Å². The van der Waals surface area contributed by atoms with Crippen molar-refractivity contribution in [2.45, 2.75) is 65.5 Å². The molecule has 2 fully saturated rings. The number of nitrogens with zero attached hydrogens (tertiary/aromatic N) is 2. The molecule has 0 radical (unpaired) electrons. The summed E-state index contributed by atoms with van der Waals surface area (Å²) in [5, 5.41) is 0. The number of likely N-dealkylation sites (tertiary alicyclic amines) is 2. The molecule has 122 valence electrons. The van der Waals surface area contributed by atoms with Gasteiger partial charge in [-0.05, 0) is 66.2 Å². The van der Waals surface area contributed by atoms with Crippen molar-refractivity contribution in [1.29, 1.82) is 0 Å². The predicted molar refractivity (Wildman–Crippen MR) is 85.3 cm³/mol. The number of amides is 1. The summed E-state index contributed by atoms with van der Waals surface area (Å²) in [5.41, 5.74) is -0.182. The van der Waals surface area contributed by atoms with Gasteiger partial charge in [0.05, 0.1) is 0 Å². The molecule has 2 heterocycles. The first-order chi connectivity index (χ1) is 9.56. The molecule has 0 bridgehead atoms. The number of rotatable bonds is 0. The van der Waals surface area contributed by atoms with Crippen molar-refractivity contribution in [3.63, 3.8) is 0 Å². The third kappa shape index (κ3) is 4.35. The van der Waals surface area contributed by atoms with E-state index in [-0.39, 0.29) is 11.6 Å². The fourth-order valence-electron chi connectivity index (χ4n) is 3.43. The molecule has 4 heteroatoms. The molecule has 2 aliphatic rings. The second-order valence-corrected chi connectivity index (χ2v) is 8.66. The Hall–Kier alpha value is -0.770. The Balaban J connectivity index is 1.99. The molecule has 0 aromatic carbocycles. The van der Waals surface area contributed by atoms with Crippen LogP contribution in [0.2, 0.25) is 0 Å². The fourth-order valence-corrected chi connectivity index (χ4v) is 3.43. The molecule has 0 aliphatic carbocycles. The van der Waals surface area contributed by atoms with Crippen LogP contribution in [0.25, 0.3) is 0 Å². The van der Waals surface area contributed by atoms with E-state index in [2.05, 4.69) is 25.7 Å². The molecular formula is C17H32N2O2. The minimum Gasteiger partial charge on any atom is -0.444 e. The smallest absolute Gasteiger partial charge is 0.410 e. The lowest BCUT2D eigenvalue weighted by Crippen LogP contribution is -2.42. The molecule has 2 rings (SSSR count). The van der Waals surface area contributed by atoms with Crippen LogP contribution in [0.3, 0.4) is 0 Å². The molecule has 2 saturated heterocycles. The lowest BCUT2D eigenvalue weighted by Gasteiger charge is -2.33. The van der Waals surface area contributed by atoms with Gasteiger partial charge in [-0.2, -0.15) is 0 Å². The largest absolute Gasteiger partial charge is 0.444 e. The Morgan fingerprint density at radius 2 is 1.62 bits per heavy atom. The van der Waals surface area contributed by atoms with Crippen LogP contribution in [0, 0.1) is 11.8 Å². The van der Waals surface area contributed by atoms with E-state index < -0.39 is 5.60 Å². The van der Waals surface area contributed by atoms with Crippen LogP contribution in [-0.4, -0.2) is 53.2 Å². The predicted octanol–water partition coefficient (Wildman–Crippen LogP) is 3.36. The highest BCUT2D eigenvalue weighted by atomic mass is 16.6. The molecule has 0 spiro atoms. The van der Waals surface area contributed by atoms with Gasteiger partial charge in [-0.15, -0.1) is 0 Å².